The predicted molar refractivity (Wildman–Crippen MR) is 83.7 cm³/mol. The van der Waals surface area contributed by atoms with Crippen molar-refractivity contribution in [2.45, 2.75) is 63.8 Å². The van der Waals surface area contributed by atoms with Gasteiger partial charge in [0.15, 0.2) is 0 Å². The highest BCUT2D eigenvalue weighted by molar-refractivity contribution is 5.02. The lowest BCUT2D eigenvalue weighted by Crippen LogP contribution is -2.52. The Balaban J connectivity index is 1.36. The zero-order valence-electron chi connectivity index (χ0n) is 13.2. The number of rotatable bonds is 4. The molecule has 1 N–H and O–H groups in total. The minimum absolute atomic E-state index is 0.720. The average molecular weight is 276 g/mol. The fourth-order valence-corrected chi connectivity index (χ4v) is 6.58. The van der Waals surface area contributed by atoms with Crippen LogP contribution in [0.4, 0.5) is 0 Å². The van der Waals surface area contributed by atoms with Crippen LogP contribution < -0.4 is 5.32 Å². The van der Waals surface area contributed by atoms with Gasteiger partial charge in [0.1, 0.15) is 0 Å². The maximum Gasteiger partial charge on any atom is 0.0194 e. The van der Waals surface area contributed by atoms with E-state index >= 15 is 0 Å². The third-order valence-electron chi connectivity index (χ3n) is 6.71. The highest BCUT2D eigenvalue weighted by Gasteiger charge is 2.50. The molecule has 0 amide bonds. The van der Waals surface area contributed by atoms with Crippen LogP contribution in [0, 0.1) is 23.2 Å². The maximum atomic E-state index is 3.72. The van der Waals surface area contributed by atoms with Crippen LogP contribution in [0.5, 0.6) is 0 Å². The van der Waals surface area contributed by atoms with E-state index in [4.69, 9.17) is 0 Å². The molecule has 4 bridgehead atoms. The summed E-state index contributed by atoms with van der Waals surface area (Å²) in [5.41, 5.74) is 0.720. The molecule has 0 aromatic rings. The van der Waals surface area contributed by atoms with Gasteiger partial charge in [0.2, 0.25) is 0 Å². The molecule has 2 heteroatoms. The van der Waals surface area contributed by atoms with E-state index in [1.54, 1.807) is 38.5 Å². The van der Waals surface area contributed by atoms with Gasteiger partial charge in [0.25, 0.3) is 0 Å². The normalized spacial score (nSPS) is 47.1. The van der Waals surface area contributed by atoms with Crippen molar-refractivity contribution >= 4 is 0 Å². The molecule has 0 aromatic heterocycles. The Morgan fingerprint density at radius 2 is 1.65 bits per heavy atom. The van der Waals surface area contributed by atoms with E-state index in [1.165, 1.54) is 38.9 Å². The fraction of sp³-hybridized carbons (Fsp3) is 1.00. The molecule has 0 radical (unpaired) electrons. The SMILES string of the molecule is CN(CC1CCCCN1)CC12CC3CC(CC(C3)C1)C2. The van der Waals surface area contributed by atoms with E-state index < -0.39 is 0 Å². The molecule has 0 aromatic carbocycles. The Labute approximate surface area is 124 Å². The lowest BCUT2D eigenvalue weighted by molar-refractivity contribution is -0.0669. The Bertz CT molecular complexity index is 310. The summed E-state index contributed by atoms with van der Waals surface area (Å²) < 4.78 is 0. The third kappa shape index (κ3) is 2.66. The number of likely N-dealkylation sites (N-methyl/N-ethyl adjacent to an activating group) is 1. The van der Waals surface area contributed by atoms with Gasteiger partial charge in [0.05, 0.1) is 0 Å². The molecule has 1 aliphatic heterocycles. The smallest absolute Gasteiger partial charge is 0.0194 e. The summed E-state index contributed by atoms with van der Waals surface area (Å²) in [4.78, 5) is 2.68. The summed E-state index contributed by atoms with van der Waals surface area (Å²) in [7, 11) is 2.38. The largest absolute Gasteiger partial charge is 0.313 e. The molecule has 4 saturated carbocycles. The van der Waals surface area contributed by atoms with Gasteiger partial charge in [-0.25, -0.2) is 0 Å². The van der Waals surface area contributed by atoms with Crippen LogP contribution in [0.25, 0.3) is 0 Å². The molecule has 5 aliphatic rings. The molecule has 0 spiro atoms. The summed E-state index contributed by atoms with van der Waals surface area (Å²) in [5.74, 6) is 3.30. The molecule has 5 rings (SSSR count). The second-order valence-corrected chi connectivity index (χ2v) is 8.76. The van der Waals surface area contributed by atoms with Gasteiger partial charge in [-0.2, -0.15) is 0 Å². The van der Waals surface area contributed by atoms with Crippen molar-refractivity contribution in [3.05, 3.63) is 0 Å². The lowest BCUT2D eigenvalue weighted by Gasteiger charge is -2.57. The van der Waals surface area contributed by atoms with Crippen molar-refractivity contribution in [2.75, 3.05) is 26.7 Å². The molecule has 1 unspecified atom stereocenters. The molecule has 1 saturated heterocycles. The third-order valence-corrected chi connectivity index (χ3v) is 6.71. The molecular formula is C18H32N2. The minimum atomic E-state index is 0.720. The number of hydrogen-bond acceptors (Lipinski definition) is 2. The zero-order chi connectivity index (χ0) is 13.6. The van der Waals surface area contributed by atoms with E-state index in [2.05, 4.69) is 17.3 Å². The molecule has 1 heterocycles. The number of nitrogens with zero attached hydrogens (tertiary/aromatic N) is 1. The van der Waals surface area contributed by atoms with Gasteiger partial charge < -0.3 is 10.2 Å². The molecule has 20 heavy (non-hydrogen) atoms. The molecule has 114 valence electrons. The first-order chi connectivity index (χ1) is 9.71. The van der Waals surface area contributed by atoms with Crippen molar-refractivity contribution in [1.29, 1.82) is 0 Å². The van der Waals surface area contributed by atoms with Gasteiger partial charge in [0, 0.05) is 19.1 Å². The van der Waals surface area contributed by atoms with Crippen LogP contribution in [0.1, 0.15) is 57.8 Å². The highest BCUT2D eigenvalue weighted by atomic mass is 15.1. The average Bonchev–Trinajstić information content (AvgIpc) is 2.37. The lowest BCUT2D eigenvalue weighted by atomic mass is 9.49. The molecule has 5 fully saturated rings. The van der Waals surface area contributed by atoms with E-state index in [-0.39, 0.29) is 0 Å². The molecule has 4 aliphatic carbocycles. The van der Waals surface area contributed by atoms with Crippen molar-refractivity contribution in [3.63, 3.8) is 0 Å². The van der Waals surface area contributed by atoms with Gasteiger partial charge in [-0.15, -0.1) is 0 Å². The van der Waals surface area contributed by atoms with Gasteiger partial charge in [-0.05, 0) is 88.1 Å². The van der Waals surface area contributed by atoms with E-state index in [0.717, 1.165) is 29.2 Å². The van der Waals surface area contributed by atoms with Crippen molar-refractivity contribution in [2.24, 2.45) is 23.2 Å². The van der Waals surface area contributed by atoms with Gasteiger partial charge in [-0.3, -0.25) is 0 Å². The Hall–Kier alpha value is -0.0800. The maximum absolute atomic E-state index is 3.72. The first-order valence-electron chi connectivity index (χ1n) is 9.13. The Kier molecular flexibility index (Phi) is 3.58. The van der Waals surface area contributed by atoms with Crippen molar-refractivity contribution < 1.29 is 0 Å². The fourth-order valence-electron chi connectivity index (χ4n) is 6.58. The van der Waals surface area contributed by atoms with Crippen LogP contribution in [0.2, 0.25) is 0 Å². The van der Waals surface area contributed by atoms with E-state index in [1.807, 2.05) is 0 Å². The van der Waals surface area contributed by atoms with Crippen molar-refractivity contribution in [3.8, 4) is 0 Å². The number of piperidine rings is 1. The standard InChI is InChI=1S/C18H32N2/c1-20(12-17-4-2-3-5-19-17)13-18-9-14-6-15(10-18)8-16(7-14)11-18/h14-17,19H,2-13H2,1H3. The summed E-state index contributed by atoms with van der Waals surface area (Å²) >= 11 is 0. The van der Waals surface area contributed by atoms with Gasteiger partial charge >= 0.3 is 0 Å². The second kappa shape index (κ2) is 5.28. The van der Waals surface area contributed by atoms with E-state index in [0.29, 0.717) is 0 Å². The van der Waals surface area contributed by atoms with Crippen LogP contribution in [-0.2, 0) is 0 Å². The van der Waals surface area contributed by atoms with Crippen molar-refractivity contribution in [1.82, 2.24) is 10.2 Å². The molecule has 2 nitrogen and oxygen atoms in total. The minimum Gasteiger partial charge on any atom is -0.313 e. The van der Waals surface area contributed by atoms with E-state index in [9.17, 15) is 0 Å². The van der Waals surface area contributed by atoms with Crippen LogP contribution >= 0.6 is 0 Å². The van der Waals surface area contributed by atoms with Crippen LogP contribution in [0.15, 0.2) is 0 Å². The Morgan fingerprint density at radius 3 is 2.20 bits per heavy atom. The Morgan fingerprint density at radius 1 is 1.00 bits per heavy atom. The summed E-state index contributed by atoms with van der Waals surface area (Å²) in [5, 5.41) is 3.72. The van der Waals surface area contributed by atoms with Crippen LogP contribution in [-0.4, -0.2) is 37.6 Å². The topological polar surface area (TPSA) is 15.3 Å². The van der Waals surface area contributed by atoms with Gasteiger partial charge in [-0.1, -0.05) is 6.42 Å². The second-order valence-electron chi connectivity index (χ2n) is 8.76. The number of nitrogens with one attached hydrogen (secondary N) is 1. The summed E-state index contributed by atoms with van der Waals surface area (Å²) in [6.45, 7) is 3.91. The first kappa shape index (κ1) is 13.6. The summed E-state index contributed by atoms with van der Waals surface area (Å²) in [6, 6.07) is 0.766. The van der Waals surface area contributed by atoms with Crippen LogP contribution in [0.3, 0.4) is 0 Å². The summed E-state index contributed by atoms with van der Waals surface area (Å²) in [6.07, 6.45) is 13.6. The first-order valence-corrected chi connectivity index (χ1v) is 9.13. The zero-order valence-corrected chi connectivity index (χ0v) is 13.2. The molecule has 1 atom stereocenters. The highest BCUT2D eigenvalue weighted by Crippen LogP contribution is 2.60. The number of hydrogen-bond donors (Lipinski definition) is 1. The quantitative estimate of drug-likeness (QED) is 0.848. The predicted octanol–water partition coefficient (Wildman–Crippen LogP) is 3.28. The molecular weight excluding hydrogens is 244 g/mol. The monoisotopic (exact) mass is 276 g/mol.